The van der Waals surface area contributed by atoms with Crippen LogP contribution >= 0.6 is 0 Å². The van der Waals surface area contributed by atoms with Crippen LogP contribution in [0.25, 0.3) is 0 Å². The molecule has 0 saturated carbocycles. The SMILES string of the molecule is COC[C@H](N)c1ccc(=O)[nH]c1C. The molecule has 0 aliphatic heterocycles. The van der Waals surface area contributed by atoms with E-state index >= 15 is 0 Å². The van der Waals surface area contributed by atoms with Crippen molar-refractivity contribution < 1.29 is 4.74 Å². The Hall–Kier alpha value is -1.13. The van der Waals surface area contributed by atoms with Crippen LogP contribution in [0.1, 0.15) is 17.3 Å². The van der Waals surface area contributed by atoms with Gasteiger partial charge in [-0.1, -0.05) is 6.07 Å². The predicted molar refractivity (Wildman–Crippen MR) is 50.6 cm³/mol. The number of nitrogens with two attached hydrogens (primary N) is 1. The van der Waals surface area contributed by atoms with Crippen molar-refractivity contribution in [1.29, 1.82) is 0 Å². The average molecular weight is 182 g/mol. The number of methoxy groups -OCH3 is 1. The van der Waals surface area contributed by atoms with Crippen LogP contribution in [0, 0.1) is 6.92 Å². The van der Waals surface area contributed by atoms with Crippen molar-refractivity contribution in [3.05, 3.63) is 33.7 Å². The highest BCUT2D eigenvalue weighted by Crippen LogP contribution is 2.11. The molecule has 0 unspecified atom stereocenters. The van der Waals surface area contributed by atoms with Gasteiger partial charge in [-0.3, -0.25) is 4.79 Å². The van der Waals surface area contributed by atoms with Crippen LogP contribution in [-0.2, 0) is 4.74 Å². The first-order valence-corrected chi connectivity index (χ1v) is 4.09. The summed E-state index contributed by atoms with van der Waals surface area (Å²) >= 11 is 0. The Morgan fingerprint density at radius 1 is 1.62 bits per heavy atom. The van der Waals surface area contributed by atoms with Crippen molar-refractivity contribution in [2.24, 2.45) is 5.73 Å². The molecule has 1 aromatic heterocycles. The smallest absolute Gasteiger partial charge is 0.248 e. The zero-order chi connectivity index (χ0) is 9.84. The third-order valence-electron chi connectivity index (χ3n) is 1.90. The van der Waals surface area contributed by atoms with Gasteiger partial charge in [0.25, 0.3) is 0 Å². The number of hydrogen-bond donors (Lipinski definition) is 2. The van der Waals surface area contributed by atoms with Crippen molar-refractivity contribution in [3.63, 3.8) is 0 Å². The van der Waals surface area contributed by atoms with Crippen molar-refractivity contribution in [1.82, 2.24) is 4.98 Å². The molecule has 13 heavy (non-hydrogen) atoms. The van der Waals surface area contributed by atoms with E-state index in [2.05, 4.69) is 4.98 Å². The fourth-order valence-electron chi connectivity index (χ4n) is 1.26. The maximum absolute atomic E-state index is 10.9. The fraction of sp³-hybridized carbons (Fsp3) is 0.444. The minimum atomic E-state index is -0.179. The molecule has 0 radical (unpaired) electrons. The van der Waals surface area contributed by atoms with E-state index in [9.17, 15) is 4.79 Å². The molecular formula is C9H14N2O2. The van der Waals surface area contributed by atoms with Gasteiger partial charge < -0.3 is 15.5 Å². The van der Waals surface area contributed by atoms with Gasteiger partial charge in [-0.15, -0.1) is 0 Å². The second kappa shape index (κ2) is 4.20. The first-order chi connectivity index (χ1) is 6.15. The Bertz CT molecular complexity index is 333. The third kappa shape index (κ3) is 2.40. The highest BCUT2D eigenvalue weighted by atomic mass is 16.5. The standard InChI is InChI=1S/C9H14N2O2/c1-6-7(8(10)5-13-2)3-4-9(12)11-6/h3-4,8H,5,10H2,1-2H3,(H,11,12)/t8-/m0/s1. The summed E-state index contributed by atoms with van der Waals surface area (Å²) in [6, 6.07) is 3.03. The molecule has 1 atom stereocenters. The lowest BCUT2D eigenvalue weighted by atomic mass is 10.1. The van der Waals surface area contributed by atoms with Gasteiger partial charge in [0, 0.05) is 18.9 Å². The normalized spacial score (nSPS) is 12.8. The number of pyridine rings is 1. The van der Waals surface area contributed by atoms with Crippen LogP contribution in [0.15, 0.2) is 16.9 Å². The number of rotatable bonds is 3. The third-order valence-corrected chi connectivity index (χ3v) is 1.90. The van der Waals surface area contributed by atoms with Crippen LogP contribution in [0.3, 0.4) is 0 Å². The van der Waals surface area contributed by atoms with E-state index in [-0.39, 0.29) is 11.6 Å². The zero-order valence-corrected chi connectivity index (χ0v) is 7.83. The molecule has 0 bridgehead atoms. The summed E-state index contributed by atoms with van der Waals surface area (Å²) in [5.41, 5.74) is 7.42. The van der Waals surface area contributed by atoms with Crippen LogP contribution in [0.4, 0.5) is 0 Å². The lowest BCUT2D eigenvalue weighted by Gasteiger charge is -2.12. The van der Waals surface area contributed by atoms with Gasteiger partial charge in [0.2, 0.25) is 5.56 Å². The van der Waals surface area contributed by atoms with E-state index < -0.39 is 0 Å². The van der Waals surface area contributed by atoms with Crippen LogP contribution < -0.4 is 11.3 Å². The number of ether oxygens (including phenoxy) is 1. The Morgan fingerprint density at radius 2 is 2.31 bits per heavy atom. The number of aromatic nitrogens is 1. The predicted octanol–water partition coefficient (Wildman–Crippen LogP) is 0.330. The van der Waals surface area contributed by atoms with Gasteiger partial charge in [0.05, 0.1) is 12.6 Å². The average Bonchev–Trinajstić information content (AvgIpc) is 2.04. The second-order valence-electron chi connectivity index (χ2n) is 2.96. The van der Waals surface area contributed by atoms with Gasteiger partial charge in [-0.2, -0.15) is 0 Å². The van der Waals surface area contributed by atoms with Gasteiger partial charge in [-0.25, -0.2) is 0 Å². The Labute approximate surface area is 76.7 Å². The summed E-state index contributed by atoms with van der Waals surface area (Å²) < 4.78 is 4.93. The number of nitrogens with one attached hydrogen (secondary N) is 1. The molecule has 72 valence electrons. The quantitative estimate of drug-likeness (QED) is 0.707. The fourth-order valence-corrected chi connectivity index (χ4v) is 1.26. The van der Waals surface area contributed by atoms with E-state index in [1.54, 1.807) is 13.2 Å². The summed E-state index contributed by atoms with van der Waals surface area (Å²) in [6.07, 6.45) is 0. The van der Waals surface area contributed by atoms with Gasteiger partial charge in [-0.05, 0) is 12.5 Å². The summed E-state index contributed by atoms with van der Waals surface area (Å²) in [6.45, 7) is 2.28. The van der Waals surface area contributed by atoms with Crippen molar-refractivity contribution >= 4 is 0 Å². The van der Waals surface area contributed by atoms with Gasteiger partial charge in [0.1, 0.15) is 0 Å². The molecular weight excluding hydrogens is 168 g/mol. The van der Waals surface area contributed by atoms with Crippen molar-refractivity contribution in [2.45, 2.75) is 13.0 Å². The molecule has 0 saturated heterocycles. The van der Waals surface area contributed by atoms with Crippen molar-refractivity contribution in [3.8, 4) is 0 Å². The molecule has 0 spiro atoms. The van der Waals surface area contributed by atoms with Gasteiger partial charge in [0.15, 0.2) is 0 Å². The highest BCUT2D eigenvalue weighted by Gasteiger charge is 2.08. The van der Waals surface area contributed by atoms with Gasteiger partial charge >= 0.3 is 0 Å². The molecule has 1 rings (SSSR count). The summed E-state index contributed by atoms with van der Waals surface area (Å²) in [7, 11) is 1.60. The number of hydrogen-bond acceptors (Lipinski definition) is 3. The Morgan fingerprint density at radius 3 is 2.85 bits per heavy atom. The maximum Gasteiger partial charge on any atom is 0.248 e. The van der Waals surface area contributed by atoms with Crippen LogP contribution in [0.2, 0.25) is 0 Å². The van der Waals surface area contributed by atoms with E-state index in [0.29, 0.717) is 6.61 Å². The van der Waals surface area contributed by atoms with Crippen LogP contribution in [-0.4, -0.2) is 18.7 Å². The summed E-state index contributed by atoms with van der Waals surface area (Å²) in [4.78, 5) is 13.6. The molecule has 3 N–H and O–H groups in total. The molecule has 0 aromatic carbocycles. The van der Waals surface area contributed by atoms with E-state index in [1.807, 2.05) is 6.92 Å². The first-order valence-electron chi connectivity index (χ1n) is 4.09. The lowest BCUT2D eigenvalue weighted by molar-refractivity contribution is 0.180. The Kier molecular flexibility index (Phi) is 3.22. The largest absolute Gasteiger partial charge is 0.383 e. The monoisotopic (exact) mass is 182 g/mol. The maximum atomic E-state index is 10.9. The summed E-state index contributed by atoms with van der Waals surface area (Å²) in [5, 5.41) is 0. The minimum Gasteiger partial charge on any atom is -0.383 e. The topological polar surface area (TPSA) is 68.1 Å². The van der Waals surface area contributed by atoms with Crippen LogP contribution in [0.5, 0.6) is 0 Å². The Balaban J connectivity index is 2.94. The van der Waals surface area contributed by atoms with E-state index in [1.165, 1.54) is 6.07 Å². The molecule has 0 amide bonds. The zero-order valence-electron chi connectivity index (χ0n) is 7.83. The lowest BCUT2D eigenvalue weighted by Crippen LogP contribution is -2.19. The molecule has 0 fully saturated rings. The number of H-pyrrole nitrogens is 1. The van der Waals surface area contributed by atoms with Crippen molar-refractivity contribution in [2.75, 3.05) is 13.7 Å². The van der Waals surface area contributed by atoms with E-state index in [4.69, 9.17) is 10.5 Å². The molecule has 0 aliphatic carbocycles. The first kappa shape index (κ1) is 9.95. The number of aryl methyl sites for hydroxylation is 1. The molecule has 0 aliphatic rings. The summed E-state index contributed by atoms with van der Waals surface area (Å²) in [5.74, 6) is 0. The highest BCUT2D eigenvalue weighted by molar-refractivity contribution is 5.22. The number of aromatic amines is 1. The van der Waals surface area contributed by atoms with E-state index in [0.717, 1.165) is 11.3 Å². The molecule has 1 heterocycles. The second-order valence-corrected chi connectivity index (χ2v) is 2.96. The molecule has 4 heteroatoms. The minimum absolute atomic E-state index is 0.106. The molecule has 1 aromatic rings. The molecule has 4 nitrogen and oxygen atoms in total.